The molecule has 0 bridgehead atoms. The van der Waals surface area contributed by atoms with Crippen molar-refractivity contribution in [1.82, 2.24) is 5.32 Å². The molecule has 98 valence electrons. The lowest BCUT2D eigenvalue weighted by Crippen LogP contribution is -2.36. The molecule has 18 heavy (non-hydrogen) atoms. The molecule has 1 aromatic carbocycles. The Hall–Kier alpha value is -1.65. The molecule has 0 aromatic heterocycles. The highest BCUT2D eigenvalue weighted by atomic mass is 19.1. The van der Waals surface area contributed by atoms with Crippen LogP contribution in [0, 0.1) is 11.6 Å². The standard InChI is InChI=1S/C13H16F2N2O/c14-10-7-11(15)12(16)6-9(10)13(18)17-8-4-2-1-3-5-8/h6-8H,1-5,16H2,(H,17,18). The highest BCUT2D eigenvalue weighted by Gasteiger charge is 2.20. The number of hydrogen-bond donors (Lipinski definition) is 2. The minimum Gasteiger partial charge on any atom is -0.396 e. The highest BCUT2D eigenvalue weighted by Crippen LogP contribution is 2.20. The number of nitrogens with two attached hydrogens (primary N) is 1. The quantitative estimate of drug-likeness (QED) is 0.797. The lowest BCUT2D eigenvalue weighted by Gasteiger charge is -2.22. The average Bonchev–Trinajstić information content (AvgIpc) is 2.35. The van der Waals surface area contributed by atoms with Gasteiger partial charge >= 0.3 is 0 Å². The van der Waals surface area contributed by atoms with Crippen molar-refractivity contribution in [2.45, 2.75) is 38.1 Å². The molecule has 1 saturated carbocycles. The van der Waals surface area contributed by atoms with E-state index in [0.717, 1.165) is 31.7 Å². The van der Waals surface area contributed by atoms with Gasteiger partial charge in [0.25, 0.3) is 5.91 Å². The van der Waals surface area contributed by atoms with E-state index in [1.807, 2.05) is 0 Å². The second kappa shape index (κ2) is 5.33. The van der Waals surface area contributed by atoms with Gasteiger partial charge in [-0.1, -0.05) is 19.3 Å². The molecule has 1 aliphatic carbocycles. The molecule has 0 spiro atoms. The monoisotopic (exact) mass is 254 g/mol. The van der Waals surface area contributed by atoms with Crippen molar-refractivity contribution in [2.75, 3.05) is 5.73 Å². The van der Waals surface area contributed by atoms with E-state index in [2.05, 4.69) is 5.32 Å². The molecular weight excluding hydrogens is 238 g/mol. The van der Waals surface area contributed by atoms with Gasteiger partial charge in [-0.3, -0.25) is 4.79 Å². The number of hydrogen-bond acceptors (Lipinski definition) is 2. The van der Waals surface area contributed by atoms with E-state index in [9.17, 15) is 13.6 Å². The third kappa shape index (κ3) is 2.78. The number of halogens is 2. The van der Waals surface area contributed by atoms with E-state index >= 15 is 0 Å². The van der Waals surface area contributed by atoms with Crippen LogP contribution in [0.4, 0.5) is 14.5 Å². The maximum Gasteiger partial charge on any atom is 0.254 e. The summed E-state index contributed by atoms with van der Waals surface area (Å²) < 4.78 is 26.5. The SMILES string of the molecule is Nc1cc(C(=O)NC2CCCCC2)c(F)cc1F. The minimum atomic E-state index is -0.880. The number of carbonyl (C=O) groups is 1. The number of anilines is 1. The summed E-state index contributed by atoms with van der Waals surface area (Å²) in [7, 11) is 0. The molecule has 1 aromatic rings. The molecule has 1 amide bonds. The van der Waals surface area contributed by atoms with E-state index in [4.69, 9.17) is 5.73 Å². The predicted molar refractivity (Wildman–Crippen MR) is 65.1 cm³/mol. The second-order valence-corrected chi connectivity index (χ2v) is 4.66. The first-order valence-corrected chi connectivity index (χ1v) is 6.13. The largest absolute Gasteiger partial charge is 0.396 e. The molecule has 2 rings (SSSR count). The fraction of sp³-hybridized carbons (Fsp3) is 0.462. The van der Waals surface area contributed by atoms with Crippen molar-refractivity contribution in [1.29, 1.82) is 0 Å². The zero-order chi connectivity index (χ0) is 13.1. The molecule has 0 saturated heterocycles. The zero-order valence-corrected chi connectivity index (χ0v) is 10.0. The molecule has 0 radical (unpaired) electrons. The van der Waals surface area contributed by atoms with E-state index in [1.54, 1.807) is 0 Å². The Labute approximate surface area is 104 Å². The van der Waals surface area contributed by atoms with Crippen LogP contribution in [0.1, 0.15) is 42.5 Å². The molecule has 3 N–H and O–H groups in total. The van der Waals surface area contributed by atoms with Gasteiger partial charge in [-0.25, -0.2) is 8.78 Å². The van der Waals surface area contributed by atoms with Crippen LogP contribution >= 0.6 is 0 Å². The van der Waals surface area contributed by atoms with Gasteiger partial charge in [-0.2, -0.15) is 0 Å². The van der Waals surface area contributed by atoms with Crippen molar-refractivity contribution < 1.29 is 13.6 Å². The van der Waals surface area contributed by atoms with Gasteiger partial charge in [0.1, 0.15) is 11.6 Å². The van der Waals surface area contributed by atoms with Crippen LogP contribution in [-0.2, 0) is 0 Å². The fourth-order valence-electron chi connectivity index (χ4n) is 2.25. The Balaban J connectivity index is 2.10. The van der Waals surface area contributed by atoms with Gasteiger partial charge in [0, 0.05) is 12.1 Å². The molecule has 0 heterocycles. The first-order valence-electron chi connectivity index (χ1n) is 6.13. The predicted octanol–water partition coefficient (Wildman–Crippen LogP) is 2.61. The average molecular weight is 254 g/mol. The summed E-state index contributed by atoms with van der Waals surface area (Å²) in [5, 5.41) is 2.77. The van der Waals surface area contributed by atoms with E-state index in [1.165, 1.54) is 6.42 Å². The summed E-state index contributed by atoms with van der Waals surface area (Å²) in [5.41, 5.74) is 4.93. The van der Waals surface area contributed by atoms with Crippen molar-refractivity contribution in [2.24, 2.45) is 0 Å². The Morgan fingerprint density at radius 2 is 1.83 bits per heavy atom. The Bertz CT molecular complexity index is 457. The smallest absolute Gasteiger partial charge is 0.254 e. The summed E-state index contributed by atoms with van der Waals surface area (Å²) in [6.45, 7) is 0. The van der Waals surface area contributed by atoms with Gasteiger partial charge < -0.3 is 11.1 Å². The first kappa shape index (κ1) is 12.8. The molecular formula is C13H16F2N2O. The number of nitrogens with one attached hydrogen (secondary N) is 1. The van der Waals surface area contributed by atoms with Gasteiger partial charge in [0.05, 0.1) is 11.3 Å². The van der Waals surface area contributed by atoms with Gasteiger partial charge in [0.2, 0.25) is 0 Å². The zero-order valence-electron chi connectivity index (χ0n) is 10.0. The first-order chi connectivity index (χ1) is 8.58. The summed E-state index contributed by atoms with van der Waals surface area (Å²) in [4.78, 5) is 11.9. The van der Waals surface area contributed by atoms with Crippen LogP contribution in [-0.4, -0.2) is 11.9 Å². The Morgan fingerprint density at radius 1 is 1.17 bits per heavy atom. The highest BCUT2D eigenvalue weighted by molar-refractivity contribution is 5.95. The molecule has 0 aliphatic heterocycles. The number of carbonyl (C=O) groups excluding carboxylic acids is 1. The van der Waals surface area contributed by atoms with Crippen molar-refractivity contribution in [3.63, 3.8) is 0 Å². The number of nitrogen functional groups attached to an aromatic ring is 1. The van der Waals surface area contributed by atoms with Gasteiger partial charge in [0.15, 0.2) is 0 Å². The third-order valence-corrected chi connectivity index (χ3v) is 3.27. The Morgan fingerprint density at radius 3 is 2.50 bits per heavy atom. The molecule has 3 nitrogen and oxygen atoms in total. The van der Waals surface area contributed by atoms with Gasteiger partial charge in [-0.05, 0) is 18.9 Å². The number of amides is 1. The van der Waals surface area contributed by atoms with E-state index in [-0.39, 0.29) is 17.3 Å². The van der Waals surface area contributed by atoms with Crippen LogP contribution in [0.15, 0.2) is 12.1 Å². The maximum atomic E-state index is 13.5. The molecule has 0 atom stereocenters. The lowest BCUT2D eigenvalue weighted by atomic mass is 9.95. The van der Waals surface area contributed by atoms with Crippen molar-refractivity contribution in [3.05, 3.63) is 29.3 Å². The Kier molecular flexibility index (Phi) is 3.79. The van der Waals surface area contributed by atoms with Crippen molar-refractivity contribution in [3.8, 4) is 0 Å². The maximum absolute atomic E-state index is 13.5. The van der Waals surface area contributed by atoms with Crippen LogP contribution in [0.5, 0.6) is 0 Å². The third-order valence-electron chi connectivity index (χ3n) is 3.27. The lowest BCUT2D eigenvalue weighted by molar-refractivity contribution is 0.0923. The van der Waals surface area contributed by atoms with Crippen LogP contribution in [0.25, 0.3) is 0 Å². The minimum absolute atomic E-state index is 0.0805. The molecule has 1 aliphatic rings. The van der Waals surface area contributed by atoms with Gasteiger partial charge in [-0.15, -0.1) is 0 Å². The fourth-order valence-corrected chi connectivity index (χ4v) is 2.25. The molecule has 0 unspecified atom stereocenters. The number of benzene rings is 1. The number of rotatable bonds is 2. The van der Waals surface area contributed by atoms with Crippen LogP contribution in [0.2, 0.25) is 0 Å². The van der Waals surface area contributed by atoms with Crippen molar-refractivity contribution >= 4 is 11.6 Å². The second-order valence-electron chi connectivity index (χ2n) is 4.66. The normalized spacial score (nSPS) is 16.6. The van der Waals surface area contributed by atoms with E-state index < -0.39 is 17.5 Å². The summed E-state index contributed by atoms with van der Waals surface area (Å²) in [5.74, 6) is -2.25. The topological polar surface area (TPSA) is 55.1 Å². The molecule has 5 heteroatoms. The summed E-state index contributed by atoms with van der Waals surface area (Å²) in [6, 6.07) is 1.77. The van der Waals surface area contributed by atoms with Crippen LogP contribution in [0.3, 0.4) is 0 Å². The van der Waals surface area contributed by atoms with E-state index in [0.29, 0.717) is 6.07 Å². The summed E-state index contributed by atoms with van der Waals surface area (Å²) in [6.07, 6.45) is 5.12. The molecule has 1 fully saturated rings. The van der Waals surface area contributed by atoms with Crippen LogP contribution < -0.4 is 11.1 Å². The summed E-state index contributed by atoms with van der Waals surface area (Å²) >= 11 is 0.